The molecule has 0 radical (unpaired) electrons. The molecule has 1 N–H and O–H groups in total. The number of rotatable bonds is 5. The smallest absolute Gasteiger partial charge is 0.0469 e. The minimum absolute atomic E-state index is 0.761. The van der Waals surface area contributed by atoms with Gasteiger partial charge in [0.15, 0.2) is 0 Å². The van der Waals surface area contributed by atoms with Gasteiger partial charge in [-0.15, -0.1) is 0 Å². The first-order chi connectivity index (χ1) is 8.81. The standard InChI is InChI=1S/C16H31NO/c1-3-9-17-16(14-7-10-18-11-8-14)15-6-4-5-13(2)12-15/h13-17H,3-12H2,1-2H3. The van der Waals surface area contributed by atoms with Gasteiger partial charge in [0, 0.05) is 19.3 Å². The summed E-state index contributed by atoms with van der Waals surface area (Å²) < 4.78 is 5.54. The van der Waals surface area contributed by atoms with Gasteiger partial charge in [0.25, 0.3) is 0 Å². The van der Waals surface area contributed by atoms with Gasteiger partial charge in [-0.05, 0) is 56.4 Å². The van der Waals surface area contributed by atoms with Gasteiger partial charge in [-0.3, -0.25) is 0 Å². The molecule has 0 bridgehead atoms. The Hall–Kier alpha value is -0.0800. The van der Waals surface area contributed by atoms with Gasteiger partial charge in [0.05, 0.1) is 0 Å². The zero-order valence-corrected chi connectivity index (χ0v) is 12.3. The van der Waals surface area contributed by atoms with Gasteiger partial charge in [-0.25, -0.2) is 0 Å². The lowest BCUT2D eigenvalue weighted by Gasteiger charge is -2.40. The van der Waals surface area contributed by atoms with E-state index < -0.39 is 0 Å². The van der Waals surface area contributed by atoms with Gasteiger partial charge in [-0.2, -0.15) is 0 Å². The van der Waals surface area contributed by atoms with Crippen LogP contribution in [0.25, 0.3) is 0 Å². The van der Waals surface area contributed by atoms with Crippen molar-refractivity contribution in [1.82, 2.24) is 5.32 Å². The second-order valence-electron chi connectivity index (χ2n) is 6.46. The van der Waals surface area contributed by atoms with E-state index in [4.69, 9.17) is 4.74 Å². The third-order valence-electron chi connectivity index (χ3n) is 4.89. The maximum Gasteiger partial charge on any atom is 0.0469 e. The molecule has 2 fully saturated rings. The van der Waals surface area contributed by atoms with Crippen LogP contribution in [0.2, 0.25) is 0 Å². The summed E-state index contributed by atoms with van der Waals surface area (Å²) in [6.07, 6.45) is 9.58. The topological polar surface area (TPSA) is 21.3 Å². The molecule has 2 rings (SSSR count). The van der Waals surface area contributed by atoms with Gasteiger partial charge >= 0.3 is 0 Å². The molecule has 106 valence electrons. The Balaban J connectivity index is 1.93. The molecule has 18 heavy (non-hydrogen) atoms. The molecule has 1 saturated carbocycles. The summed E-state index contributed by atoms with van der Waals surface area (Å²) in [6.45, 7) is 7.87. The van der Waals surface area contributed by atoms with Crippen LogP contribution in [0.1, 0.15) is 58.8 Å². The summed E-state index contributed by atoms with van der Waals surface area (Å²) in [6, 6.07) is 0.761. The molecule has 1 aliphatic heterocycles. The van der Waals surface area contributed by atoms with Crippen LogP contribution in [0.5, 0.6) is 0 Å². The normalized spacial score (nSPS) is 32.3. The van der Waals surface area contributed by atoms with Crippen molar-refractivity contribution in [3.05, 3.63) is 0 Å². The molecule has 0 amide bonds. The minimum atomic E-state index is 0.761. The first-order valence-corrected chi connectivity index (χ1v) is 8.12. The molecule has 1 aliphatic carbocycles. The van der Waals surface area contributed by atoms with Crippen LogP contribution >= 0.6 is 0 Å². The number of nitrogens with one attached hydrogen (secondary N) is 1. The fourth-order valence-corrected chi connectivity index (χ4v) is 3.91. The van der Waals surface area contributed by atoms with Crippen molar-refractivity contribution < 1.29 is 4.74 Å². The lowest BCUT2D eigenvalue weighted by Crippen LogP contribution is -2.46. The molecule has 0 spiro atoms. The first-order valence-electron chi connectivity index (χ1n) is 8.12. The second kappa shape index (κ2) is 7.49. The van der Waals surface area contributed by atoms with E-state index in [1.54, 1.807) is 0 Å². The van der Waals surface area contributed by atoms with E-state index in [0.29, 0.717) is 0 Å². The molecular formula is C16H31NO. The number of hydrogen-bond donors (Lipinski definition) is 1. The van der Waals surface area contributed by atoms with Gasteiger partial charge in [0.2, 0.25) is 0 Å². The Morgan fingerprint density at radius 3 is 2.56 bits per heavy atom. The third kappa shape index (κ3) is 3.96. The minimum Gasteiger partial charge on any atom is -0.381 e. The molecule has 3 unspecified atom stereocenters. The van der Waals surface area contributed by atoms with E-state index in [-0.39, 0.29) is 0 Å². The Bertz CT molecular complexity index is 225. The fourth-order valence-electron chi connectivity index (χ4n) is 3.91. The molecule has 3 atom stereocenters. The first kappa shape index (κ1) is 14.3. The molecule has 2 heteroatoms. The predicted octanol–water partition coefficient (Wildman–Crippen LogP) is 3.61. The van der Waals surface area contributed by atoms with Crippen LogP contribution in [-0.2, 0) is 4.74 Å². The SMILES string of the molecule is CCCNC(C1CCOCC1)C1CCCC(C)C1. The summed E-state index contributed by atoms with van der Waals surface area (Å²) in [5, 5.41) is 3.87. The van der Waals surface area contributed by atoms with Crippen LogP contribution in [-0.4, -0.2) is 25.8 Å². The lowest BCUT2D eigenvalue weighted by atomic mass is 9.73. The van der Waals surface area contributed by atoms with E-state index >= 15 is 0 Å². The maximum absolute atomic E-state index is 5.54. The average molecular weight is 253 g/mol. The van der Waals surface area contributed by atoms with Crippen molar-refractivity contribution in [2.24, 2.45) is 17.8 Å². The molecule has 0 aromatic carbocycles. The number of hydrogen-bond acceptors (Lipinski definition) is 2. The lowest BCUT2D eigenvalue weighted by molar-refractivity contribution is 0.0379. The Morgan fingerprint density at radius 1 is 1.11 bits per heavy atom. The van der Waals surface area contributed by atoms with E-state index in [1.165, 1.54) is 51.5 Å². The zero-order valence-electron chi connectivity index (χ0n) is 12.3. The highest BCUT2D eigenvalue weighted by Gasteiger charge is 2.32. The van der Waals surface area contributed by atoms with Gasteiger partial charge < -0.3 is 10.1 Å². The van der Waals surface area contributed by atoms with Crippen molar-refractivity contribution in [3.63, 3.8) is 0 Å². The number of ether oxygens (including phenoxy) is 1. The quantitative estimate of drug-likeness (QED) is 0.808. The van der Waals surface area contributed by atoms with Crippen molar-refractivity contribution in [2.45, 2.75) is 64.8 Å². The van der Waals surface area contributed by atoms with Gasteiger partial charge in [-0.1, -0.05) is 26.7 Å². The van der Waals surface area contributed by atoms with Crippen molar-refractivity contribution >= 4 is 0 Å². The summed E-state index contributed by atoms with van der Waals surface area (Å²) in [7, 11) is 0. The molecule has 2 aliphatic rings. The maximum atomic E-state index is 5.54. The van der Waals surface area contributed by atoms with Crippen molar-refractivity contribution in [1.29, 1.82) is 0 Å². The predicted molar refractivity (Wildman–Crippen MR) is 76.7 cm³/mol. The molecule has 1 saturated heterocycles. The molecule has 1 heterocycles. The monoisotopic (exact) mass is 253 g/mol. The van der Waals surface area contributed by atoms with E-state index in [2.05, 4.69) is 19.2 Å². The van der Waals surface area contributed by atoms with Gasteiger partial charge in [0.1, 0.15) is 0 Å². The molecule has 2 nitrogen and oxygen atoms in total. The molecule has 0 aromatic heterocycles. The highest BCUT2D eigenvalue weighted by atomic mass is 16.5. The molecule has 0 aromatic rings. The van der Waals surface area contributed by atoms with Crippen molar-refractivity contribution in [3.8, 4) is 0 Å². The fraction of sp³-hybridized carbons (Fsp3) is 1.00. The van der Waals surface area contributed by atoms with Crippen LogP contribution in [0.4, 0.5) is 0 Å². The highest BCUT2D eigenvalue weighted by molar-refractivity contribution is 4.87. The van der Waals surface area contributed by atoms with Crippen LogP contribution in [0, 0.1) is 17.8 Å². The largest absolute Gasteiger partial charge is 0.381 e. The highest BCUT2D eigenvalue weighted by Crippen LogP contribution is 2.35. The zero-order chi connectivity index (χ0) is 12.8. The Kier molecular flexibility index (Phi) is 5.97. The third-order valence-corrected chi connectivity index (χ3v) is 4.89. The summed E-state index contributed by atoms with van der Waals surface area (Å²) in [5.74, 6) is 2.72. The Labute approximate surface area is 113 Å². The van der Waals surface area contributed by atoms with Crippen LogP contribution < -0.4 is 5.32 Å². The van der Waals surface area contributed by atoms with Crippen LogP contribution in [0.15, 0.2) is 0 Å². The van der Waals surface area contributed by atoms with E-state index in [1.807, 2.05) is 0 Å². The average Bonchev–Trinajstić information content (AvgIpc) is 2.40. The molecular weight excluding hydrogens is 222 g/mol. The Morgan fingerprint density at radius 2 is 1.89 bits per heavy atom. The second-order valence-corrected chi connectivity index (χ2v) is 6.46. The van der Waals surface area contributed by atoms with Crippen LogP contribution in [0.3, 0.4) is 0 Å². The summed E-state index contributed by atoms with van der Waals surface area (Å²) in [5.41, 5.74) is 0. The van der Waals surface area contributed by atoms with E-state index in [9.17, 15) is 0 Å². The summed E-state index contributed by atoms with van der Waals surface area (Å²) >= 11 is 0. The van der Waals surface area contributed by atoms with Crippen molar-refractivity contribution in [2.75, 3.05) is 19.8 Å². The van der Waals surface area contributed by atoms with E-state index in [0.717, 1.165) is 37.0 Å². The summed E-state index contributed by atoms with van der Waals surface area (Å²) in [4.78, 5) is 0.